The smallest absolute Gasteiger partial charge is 0.179 e. The number of hydrogen-bond acceptors (Lipinski definition) is 5. The molecule has 0 radical (unpaired) electrons. The van der Waals surface area contributed by atoms with Crippen LogP contribution in [-0.2, 0) is 9.84 Å². The normalized spacial score (nSPS) is 17.9. The minimum atomic E-state index is -3.42. The highest BCUT2D eigenvalue weighted by molar-refractivity contribution is 7.91. The molecule has 0 bridgehead atoms. The van der Waals surface area contributed by atoms with E-state index in [0.29, 0.717) is 18.8 Å². The third kappa shape index (κ3) is 5.42. The van der Waals surface area contributed by atoms with Crippen LogP contribution in [0.25, 0.3) is 0 Å². The van der Waals surface area contributed by atoms with E-state index in [1.165, 1.54) is 25.3 Å². The molecule has 0 spiro atoms. The fourth-order valence-corrected chi connectivity index (χ4v) is 4.50. The molecule has 148 valence electrons. The summed E-state index contributed by atoms with van der Waals surface area (Å²) in [6.07, 6.45) is 0. The highest BCUT2D eigenvalue weighted by atomic mass is 35.5. The Hall–Kier alpha value is -1.67. The van der Waals surface area contributed by atoms with Crippen LogP contribution in [0.1, 0.15) is 11.6 Å². The van der Waals surface area contributed by atoms with Crippen LogP contribution in [0.3, 0.4) is 0 Å². The summed E-state index contributed by atoms with van der Waals surface area (Å²) >= 11 is 0. The largest absolute Gasteiger partial charge is 0.497 e. The number of nitrogens with zero attached hydrogens (tertiary/aromatic N) is 1. The van der Waals surface area contributed by atoms with Crippen LogP contribution < -0.4 is 10.1 Å². The van der Waals surface area contributed by atoms with E-state index in [2.05, 4.69) is 10.2 Å². The van der Waals surface area contributed by atoms with Crippen molar-refractivity contribution in [3.8, 4) is 5.75 Å². The first kappa shape index (κ1) is 21.6. The lowest BCUT2D eigenvalue weighted by atomic mass is 10.0. The summed E-state index contributed by atoms with van der Waals surface area (Å²) in [7, 11) is -1.91. The van der Waals surface area contributed by atoms with Gasteiger partial charge in [-0.15, -0.1) is 12.4 Å². The van der Waals surface area contributed by atoms with E-state index in [4.69, 9.17) is 4.74 Å². The Morgan fingerprint density at radius 2 is 2.00 bits per heavy atom. The molecular formula is C19H24ClFN2O3S. The van der Waals surface area contributed by atoms with Gasteiger partial charge in [0.2, 0.25) is 0 Å². The zero-order valence-corrected chi connectivity index (χ0v) is 16.7. The molecule has 1 fully saturated rings. The van der Waals surface area contributed by atoms with Crippen molar-refractivity contribution in [2.75, 3.05) is 39.0 Å². The summed E-state index contributed by atoms with van der Waals surface area (Å²) in [4.78, 5) is 2.36. The second-order valence-corrected chi connectivity index (χ2v) is 8.42. The molecule has 0 saturated carbocycles. The zero-order valence-electron chi connectivity index (χ0n) is 15.1. The molecule has 1 saturated heterocycles. The van der Waals surface area contributed by atoms with Crippen molar-refractivity contribution in [1.29, 1.82) is 0 Å². The number of benzene rings is 2. The van der Waals surface area contributed by atoms with Gasteiger partial charge in [-0.1, -0.05) is 18.2 Å². The van der Waals surface area contributed by atoms with Crippen LogP contribution >= 0.6 is 12.4 Å². The van der Waals surface area contributed by atoms with Gasteiger partial charge < -0.3 is 10.1 Å². The second-order valence-electron chi connectivity index (χ2n) is 6.31. The Morgan fingerprint density at radius 3 is 2.74 bits per heavy atom. The highest BCUT2D eigenvalue weighted by Crippen LogP contribution is 2.24. The standard InChI is InChI=1S/C19H23FN2O3S.ClH/c1-25-17-6-3-7-18(13-17)26(23,24)11-10-22-9-8-21-14-19(22)15-4-2-5-16(20)12-15;/h2-7,12-13,19,21H,8-11,14H2,1H3;1H. The van der Waals surface area contributed by atoms with E-state index in [9.17, 15) is 12.8 Å². The molecule has 5 nitrogen and oxygen atoms in total. The Bertz CT molecular complexity index is 864. The van der Waals surface area contributed by atoms with E-state index >= 15 is 0 Å². The maximum atomic E-state index is 13.6. The molecule has 1 unspecified atom stereocenters. The second kappa shape index (κ2) is 9.50. The van der Waals surface area contributed by atoms with Crippen molar-refractivity contribution < 1.29 is 17.5 Å². The number of rotatable bonds is 6. The first-order chi connectivity index (χ1) is 12.5. The lowest BCUT2D eigenvalue weighted by Crippen LogP contribution is -2.47. The average Bonchev–Trinajstić information content (AvgIpc) is 2.67. The van der Waals surface area contributed by atoms with Crippen LogP contribution in [0, 0.1) is 5.82 Å². The van der Waals surface area contributed by atoms with Gasteiger partial charge in [0, 0.05) is 32.2 Å². The van der Waals surface area contributed by atoms with E-state index in [1.807, 2.05) is 6.07 Å². The number of methoxy groups -OCH3 is 1. The van der Waals surface area contributed by atoms with Gasteiger partial charge in [0.05, 0.1) is 17.8 Å². The molecule has 1 N–H and O–H groups in total. The lowest BCUT2D eigenvalue weighted by Gasteiger charge is -2.36. The summed E-state index contributed by atoms with van der Waals surface area (Å²) in [5.41, 5.74) is 0.857. The molecule has 0 aliphatic carbocycles. The molecular weight excluding hydrogens is 391 g/mol. The van der Waals surface area contributed by atoms with Gasteiger partial charge in [0.15, 0.2) is 9.84 Å². The molecule has 3 rings (SSSR count). The van der Waals surface area contributed by atoms with Crippen molar-refractivity contribution in [3.05, 3.63) is 59.9 Å². The first-order valence-corrected chi connectivity index (χ1v) is 10.2. The quantitative estimate of drug-likeness (QED) is 0.787. The maximum absolute atomic E-state index is 13.6. The first-order valence-electron chi connectivity index (χ1n) is 8.56. The molecule has 0 amide bonds. The molecule has 0 aromatic heterocycles. The average molecular weight is 415 g/mol. The molecule has 2 aromatic carbocycles. The molecule has 1 atom stereocenters. The van der Waals surface area contributed by atoms with Crippen molar-refractivity contribution in [1.82, 2.24) is 10.2 Å². The SMILES string of the molecule is COc1cccc(S(=O)(=O)CCN2CCNCC2c2cccc(F)c2)c1.Cl. The van der Waals surface area contributed by atoms with Gasteiger partial charge in [-0.2, -0.15) is 0 Å². The Kier molecular flexibility index (Phi) is 7.61. The lowest BCUT2D eigenvalue weighted by molar-refractivity contribution is 0.171. The summed E-state index contributed by atoms with van der Waals surface area (Å²) < 4.78 is 44.0. The highest BCUT2D eigenvalue weighted by Gasteiger charge is 2.26. The molecule has 1 heterocycles. The summed E-state index contributed by atoms with van der Waals surface area (Å²) in [5.74, 6) is 0.245. The number of sulfone groups is 1. The zero-order chi connectivity index (χ0) is 18.6. The van der Waals surface area contributed by atoms with Gasteiger partial charge in [-0.3, -0.25) is 4.90 Å². The summed E-state index contributed by atoms with van der Waals surface area (Å²) in [6, 6.07) is 13.0. The Labute approximate surface area is 165 Å². The third-order valence-electron chi connectivity index (χ3n) is 4.64. The molecule has 8 heteroatoms. The van der Waals surface area contributed by atoms with Gasteiger partial charge in [0.1, 0.15) is 11.6 Å². The summed E-state index contributed by atoms with van der Waals surface area (Å²) in [5, 5.41) is 3.30. The number of halogens is 2. The van der Waals surface area contributed by atoms with Gasteiger partial charge >= 0.3 is 0 Å². The van der Waals surface area contributed by atoms with Crippen LogP contribution in [0.2, 0.25) is 0 Å². The van der Waals surface area contributed by atoms with Crippen LogP contribution in [0.15, 0.2) is 53.4 Å². The minimum absolute atomic E-state index is 0. The third-order valence-corrected chi connectivity index (χ3v) is 6.33. The van der Waals surface area contributed by atoms with E-state index in [0.717, 1.165) is 18.7 Å². The number of nitrogens with one attached hydrogen (secondary N) is 1. The van der Waals surface area contributed by atoms with Gasteiger partial charge in [-0.05, 0) is 35.9 Å². The molecule has 27 heavy (non-hydrogen) atoms. The van der Waals surface area contributed by atoms with Gasteiger partial charge in [-0.25, -0.2) is 12.8 Å². The predicted octanol–water partition coefficient (Wildman–Crippen LogP) is 2.68. The summed E-state index contributed by atoms with van der Waals surface area (Å²) in [6.45, 7) is 2.56. The van der Waals surface area contributed by atoms with Crippen LogP contribution in [-0.4, -0.2) is 52.4 Å². The van der Waals surface area contributed by atoms with E-state index in [-0.39, 0.29) is 34.9 Å². The molecule has 2 aromatic rings. The van der Waals surface area contributed by atoms with Crippen LogP contribution in [0.4, 0.5) is 4.39 Å². The topological polar surface area (TPSA) is 58.6 Å². The molecule has 1 aliphatic rings. The fourth-order valence-electron chi connectivity index (χ4n) is 3.21. The van der Waals surface area contributed by atoms with Crippen molar-refractivity contribution in [2.24, 2.45) is 0 Å². The van der Waals surface area contributed by atoms with Crippen molar-refractivity contribution in [3.63, 3.8) is 0 Å². The fraction of sp³-hybridized carbons (Fsp3) is 0.368. The van der Waals surface area contributed by atoms with E-state index < -0.39 is 9.84 Å². The number of piperazine rings is 1. The van der Waals surface area contributed by atoms with Crippen LogP contribution in [0.5, 0.6) is 5.75 Å². The van der Waals surface area contributed by atoms with Gasteiger partial charge in [0.25, 0.3) is 0 Å². The van der Waals surface area contributed by atoms with E-state index in [1.54, 1.807) is 24.3 Å². The Morgan fingerprint density at radius 1 is 1.22 bits per heavy atom. The van der Waals surface area contributed by atoms with Crippen molar-refractivity contribution in [2.45, 2.75) is 10.9 Å². The Balaban J connectivity index is 0.00000261. The monoisotopic (exact) mass is 414 g/mol. The number of ether oxygens (including phenoxy) is 1. The van der Waals surface area contributed by atoms with Crippen molar-refractivity contribution >= 4 is 22.2 Å². The number of hydrogen-bond donors (Lipinski definition) is 1. The molecule has 1 aliphatic heterocycles. The predicted molar refractivity (Wildman–Crippen MR) is 106 cm³/mol. The maximum Gasteiger partial charge on any atom is 0.179 e. The minimum Gasteiger partial charge on any atom is -0.497 e.